The Kier molecular flexibility index (Phi) is 3.44. The Labute approximate surface area is 118 Å². The molecule has 3 rings (SSSR count). The van der Waals surface area contributed by atoms with E-state index < -0.39 is 0 Å². The van der Waals surface area contributed by atoms with Crippen LogP contribution in [0.3, 0.4) is 0 Å². The van der Waals surface area contributed by atoms with E-state index in [2.05, 4.69) is 59.1 Å². The van der Waals surface area contributed by atoms with Crippen molar-refractivity contribution in [2.75, 3.05) is 0 Å². The van der Waals surface area contributed by atoms with Crippen LogP contribution >= 0.6 is 22.6 Å². The Bertz CT molecular complexity index is 366. The molecule has 1 unspecified atom stereocenters. The molecule has 17 heavy (non-hydrogen) atoms. The summed E-state index contributed by atoms with van der Waals surface area (Å²) in [7, 11) is 0. The summed E-state index contributed by atoms with van der Waals surface area (Å²) in [5.41, 5.74) is 1.43. The highest BCUT2D eigenvalue weighted by Gasteiger charge is 2.41. The van der Waals surface area contributed by atoms with Crippen molar-refractivity contribution in [1.29, 1.82) is 0 Å². The van der Waals surface area contributed by atoms with Crippen LogP contribution in [-0.4, -0.2) is 6.04 Å². The second-order valence-corrected chi connectivity index (χ2v) is 6.89. The lowest BCUT2D eigenvalue weighted by molar-refractivity contribution is 0.377. The van der Waals surface area contributed by atoms with E-state index in [-0.39, 0.29) is 0 Å². The predicted octanol–water partition coefficient (Wildman–Crippen LogP) is 4.13. The van der Waals surface area contributed by atoms with Crippen molar-refractivity contribution in [3.63, 3.8) is 0 Å². The molecule has 0 bridgehead atoms. The average Bonchev–Trinajstić information content (AvgIpc) is 3.17. The van der Waals surface area contributed by atoms with Gasteiger partial charge in [0.2, 0.25) is 0 Å². The monoisotopic (exact) mass is 341 g/mol. The lowest BCUT2D eigenvalue weighted by atomic mass is 10.0. The summed E-state index contributed by atoms with van der Waals surface area (Å²) < 4.78 is 1.32. The molecule has 0 spiro atoms. The second-order valence-electron chi connectivity index (χ2n) is 5.64. The Morgan fingerprint density at radius 2 is 1.59 bits per heavy atom. The molecule has 1 nitrogen and oxygen atoms in total. The smallest absolute Gasteiger partial charge is 0.0294 e. The van der Waals surface area contributed by atoms with Crippen LogP contribution < -0.4 is 5.32 Å². The topological polar surface area (TPSA) is 12.0 Å². The van der Waals surface area contributed by atoms with E-state index in [1.807, 2.05) is 0 Å². The minimum Gasteiger partial charge on any atom is -0.307 e. The number of hydrogen-bond donors (Lipinski definition) is 1. The molecule has 2 aliphatic rings. The van der Waals surface area contributed by atoms with Gasteiger partial charge >= 0.3 is 0 Å². The number of nitrogens with one attached hydrogen (secondary N) is 1. The maximum atomic E-state index is 3.87. The largest absolute Gasteiger partial charge is 0.307 e. The zero-order valence-corrected chi connectivity index (χ0v) is 12.5. The maximum Gasteiger partial charge on any atom is 0.0294 e. The van der Waals surface area contributed by atoms with Gasteiger partial charge in [0.1, 0.15) is 0 Å². The summed E-state index contributed by atoms with van der Waals surface area (Å²) in [6.45, 7) is 2.31. The minimum atomic E-state index is 0.498. The van der Waals surface area contributed by atoms with Crippen LogP contribution in [0.4, 0.5) is 0 Å². The van der Waals surface area contributed by atoms with Gasteiger partial charge in [-0.25, -0.2) is 0 Å². The van der Waals surface area contributed by atoms with Gasteiger partial charge in [-0.2, -0.15) is 0 Å². The van der Waals surface area contributed by atoms with Gasteiger partial charge in [0.25, 0.3) is 0 Å². The third-order valence-electron chi connectivity index (χ3n) is 4.07. The van der Waals surface area contributed by atoms with Gasteiger partial charge in [-0.1, -0.05) is 12.1 Å². The molecular formula is C15H20IN. The Hall–Kier alpha value is -0.0900. The lowest BCUT2D eigenvalue weighted by Crippen LogP contribution is -2.35. The minimum absolute atomic E-state index is 0.498. The number of hydrogen-bond acceptors (Lipinski definition) is 1. The molecule has 1 aromatic rings. The molecule has 1 aromatic carbocycles. The van der Waals surface area contributed by atoms with E-state index in [0.29, 0.717) is 6.04 Å². The normalized spacial score (nSPS) is 21.8. The fourth-order valence-corrected chi connectivity index (χ4v) is 3.06. The molecule has 0 aliphatic heterocycles. The van der Waals surface area contributed by atoms with E-state index in [1.165, 1.54) is 34.8 Å². The van der Waals surface area contributed by atoms with E-state index in [0.717, 1.165) is 17.9 Å². The molecule has 92 valence electrons. The highest BCUT2D eigenvalue weighted by molar-refractivity contribution is 14.1. The fourth-order valence-electron chi connectivity index (χ4n) is 2.70. The van der Waals surface area contributed by atoms with Gasteiger partial charge in [-0.3, -0.25) is 0 Å². The molecule has 0 radical (unpaired) electrons. The van der Waals surface area contributed by atoms with Crippen LogP contribution in [0.2, 0.25) is 0 Å². The van der Waals surface area contributed by atoms with Gasteiger partial charge in [-0.05, 0) is 84.7 Å². The highest BCUT2D eigenvalue weighted by atomic mass is 127. The molecule has 2 fully saturated rings. The predicted molar refractivity (Wildman–Crippen MR) is 79.9 cm³/mol. The van der Waals surface area contributed by atoms with Crippen molar-refractivity contribution < 1.29 is 0 Å². The van der Waals surface area contributed by atoms with Gasteiger partial charge in [0.05, 0.1) is 0 Å². The highest BCUT2D eigenvalue weighted by Crippen LogP contribution is 2.45. The number of benzene rings is 1. The molecule has 2 heteroatoms. The van der Waals surface area contributed by atoms with Gasteiger partial charge in [-0.15, -0.1) is 0 Å². The third-order valence-corrected chi connectivity index (χ3v) is 4.79. The van der Waals surface area contributed by atoms with Gasteiger partial charge in [0, 0.05) is 15.7 Å². The molecule has 2 saturated carbocycles. The molecule has 0 aromatic heterocycles. The van der Waals surface area contributed by atoms with Crippen molar-refractivity contribution in [2.24, 2.45) is 11.8 Å². The average molecular weight is 341 g/mol. The molecular weight excluding hydrogens is 321 g/mol. The standard InChI is InChI=1S/C15H20IN/c1-10(11-6-8-14(16)9-7-11)17-15(12-2-3-12)13-4-5-13/h6-10,12-13,15,17H,2-5H2,1H3. The van der Waals surface area contributed by atoms with Crippen molar-refractivity contribution in [3.05, 3.63) is 33.4 Å². The molecule has 0 saturated heterocycles. The summed E-state index contributed by atoms with van der Waals surface area (Å²) in [6, 6.07) is 10.2. The zero-order valence-electron chi connectivity index (χ0n) is 10.3. The molecule has 0 amide bonds. The maximum absolute atomic E-state index is 3.87. The summed E-state index contributed by atoms with van der Waals surface area (Å²) in [4.78, 5) is 0. The summed E-state index contributed by atoms with van der Waals surface area (Å²) in [5, 5.41) is 3.87. The van der Waals surface area contributed by atoms with E-state index in [1.54, 1.807) is 0 Å². The molecule has 1 N–H and O–H groups in total. The van der Waals surface area contributed by atoms with Gasteiger partial charge < -0.3 is 5.32 Å². The van der Waals surface area contributed by atoms with E-state index in [9.17, 15) is 0 Å². The molecule has 1 atom stereocenters. The Balaban J connectivity index is 1.64. The molecule has 0 heterocycles. The SMILES string of the molecule is CC(NC(C1CC1)C1CC1)c1ccc(I)cc1. The van der Waals surface area contributed by atoms with Crippen molar-refractivity contribution in [3.8, 4) is 0 Å². The van der Waals surface area contributed by atoms with Crippen molar-refractivity contribution in [2.45, 2.75) is 44.7 Å². The second kappa shape index (κ2) is 4.88. The summed E-state index contributed by atoms with van der Waals surface area (Å²) in [5.74, 6) is 1.96. The lowest BCUT2D eigenvalue weighted by Gasteiger charge is -2.23. The van der Waals surface area contributed by atoms with Crippen LogP contribution in [0, 0.1) is 15.4 Å². The third kappa shape index (κ3) is 3.02. The van der Waals surface area contributed by atoms with Crippen LogP contribution in [0.1, 0.15) is 44.2 Å². The Morgan fingerprint density at radius 1 is 1.06 bits per heavy atom. The number of halogens is 1. The first-order chi connectivity index (χ1) is 8.24. The van der Waals surface area contributed by atoms with Crippen molar-refractivity contribution in [1.82, 2.24) is 5.32 Å². The summed E-state index contributed by atoms with van der Waals surface area (Å²) >= 11 is 2.37. The van der Waals surface area contributed by atoms with E-state index in [4.69, 9.17) is 0 Å². The van der Waals surface area contributed by atoms with Crippen LogP contribution in [0.15, 0.2) is 24.3 Å². The van der Waals surface area contributed by atoms with Gasteiger partial charge in [0.15, 0.2) is 0 Å². The summed E-state index contributed by atoms with van der Waals surface area (Å²) in [6.07, 6.45) is 5.81. The van der Waals surface area contributed by atoms with Crippen LogP contribution in [0.25, 0.3) is 0 Å². The van der Waals surface area contributed by atoms with Crippen molar-refractivity contribution >= 4 is 22.6 Å². The van der Waals surface area contributed by atoms with E-state index >= 15 is 0 Å². The molecule has 2 aliphatic carbocycles. The van der Waals surface area contributed by atoms with Crippen LogP contribution in [-0.2, 0) is 0 Å². The quantitative estimate of drug-likeness (QED) is 0.794. The number of rotatable bonds is 5. The fraction of sp³-hybridized carbons (Fsp3) is 0.600. The zero-order chi connectivity index (χ0) is 11.8. The Morgan fingerprint density at radius 3 is 2.06 bits per heavy atom. The first-order valence-corrected chi connectivity index (χ1v) is 7.83. The first-order valence-electron chi connectivity index (χ1n) is 6.75. The first kappa shape index (κ1) is 12.0. The van der Waals surface area contributed by atoms with Crippen LogP contribution in [0.5, 0.6) is 0 Å².